The van der Waals surface area contributed by atoms with Crippen molar-refractivity contribution in [2.24, 2.45) is 5.92 Å². The fourth-order valence-electron chi connectivity index (χ4n) is 1.98. The highest BCUT2D eigenvalue weighted by molar-refractivity contribution is 5.04. The number of nitrogens with zero attached hydrogens (tertiary/aromatic N) is 2. The predicted octanol–water partition coefficient (Wildman–Crippen LogP) is 2.14. The summed E-state index contributed by atoms with van der Waals surface area (Å²) in [4.78, 5) is 8.17. The number of aliphatic hydroxyl groups is 1. The van der Waals surface area contributed by atoms with Crippen molar-refractivity contribution < 1.29 is 14.6 Å². The SMILES string of the molecule is C=C[C@H](OC)[C@@H](O)[C@H](C)/C=C(/C)COCc1ncccn1. The quantitative estimate of drug-likeness (QED) is 0.706. The van der Waals surface area contributed by atoms with Gasteiger partial charge in [-0.2, -0.15) is 0 Å². The Labute approximate surface area is 126 Å². The molecule has 0 unspecified atom stereocenters. The Bertz CT molecular complexity index is 448. The Hall–Kier alpha value is -1.56. The third-order valence-corrected chi connectivity index (χ3v) is 3.11. The second-order valence-electron chi connectivity index (χ2n) is 4.96. The molecule has 0 spiro atoms. The van der Waals surface area contributed by atoms with Gasteiger partial charge in [-0.15, -0.1) is 6.58 Å². The van der Waals surface area contributed by atoms with Gasteiger partial charge in [-0.1, -0.05) is 24.6 Å². The summed E-state index contributed by atoms with van der Waals surface area (Å²) in [5, 5.41) is 10.1. The van der Waals surface area contributed by atoms with Gasteiger partial charge in [0.25, 0.3) is 0 Å². The van der Waals surface area contributed by atoms with E-state index in [0.29, 0.717) is 19.0 Å². The first-order chi connectivity index (χ1) is 10.1. The van der Waals surface area contributed by atoms with E-state index in [1.807, 2.05) is 19.9 Å². The molecule has 3 atom stereocenters. The molecule has 0 amide bonds. The van der Waals surface area contributed by atoms with E-state index >= 15 is 0 Å². The number of aliphatic hydroxyl groups excluding tert-OH is 1. The van der Waals surface area contributed by atoms with Crippen molar-refractivity contribution in [1.82, 2.24) is 9.97 Å². The summed E-state index contributed by atoms with van der Waals surface area (Å²) in [5.74, 6) is 0.606. The lowest BCUT2D eigenvalue weighted by atomic mass is 9.97. The van der Waals surface area contributed by atoms with E-state index in [-0.39, 0.29) is 12.0 Å². The maximum Gasteiger partial charge on any atom is 0.153 e. The summed E-state index contributed by atoms with van der Waals surface area (Å²) < 4.78 is 10.7. The molecule has 1 N–H and O–H groups in total. The molecule has 0 fully saturated rings. The summed E-state index contributed by atoms with van der Waals surface area (Å²) >= 11 is 0. The number of hydrogen-bond donors (Lipinski definition) is 1. The minimum Gasteiger partial charge on any atom is -0.389 e. The van der Waals surface area contributed by atoms with E-state index in [1.54, 1.807) is 31.6 Å². The summed E-state index contributed by atoms with van der Waals surface area (Å²) in [5.41, 5.74) is 1.04. The fourth-order valence-corrected chi connectivity index (χ4v) is 1.98. The zero-order chi connectivity index (χ0) is 15.7. The normalized spacial score (nSPS) is 16.3. The molecule has 0 aromatic carbocycles. The van der Waals surface area contributed by atoms with Crippen LogP contribution in [0.3, 0.4) is 0 Å². The van der Waals surface area contributed by atoms with Crippen molar-refractivity contribution in [3.05, 3.63) is 48.6 Å². The van der Waals surface area contributed by atoms with E-state index < -0.39 is 6.10 Å². The van der Waals surface area contributed by atoms with Crippen LogP contribution >= 0.6 is 0 Å². The molecule has 5 nitrogen and oxygen atoms in total. The monoisotopic (exact) mass is 292 g/mol. The number of methoxy groups -OCH3 is 1. The molecule has 0 bridgehead atoms. The number of hydrogen-bond acceptors (Lipinski definition) is 5. The molecule has 0 aliphatic rings. The lowest BCUT2D eigenvalue weighted by Crippen LogP contribution is -2.31. The molecule has 1 rings (SSSR count). The molecule has 1 heterocycles. The van der Waals surface area contributed by atoms with Gasteiger partial charge in [0.1, 0.15) is 12.7 Å². The van der Waals surface area contributed by atoms with Crippen LogP contribution in [0.15, 0.2) is 42.8 Å². The van der Waals surface area contributed by atoms with Gasteiger partial charge in [-0.05, 0) is 13.0 Å². The average Bonchev–Trinajstić information content (AvgIpc) is 2.49. The van der Waals surface area contributed by atoms with Gasteiger partial charge in [0.2, 0.25) is 0 Å². The molecule has 1 aromatic heterocycles. The third kappa shape index (κ3) is 6.16. The summed E-state index contributed by atoms with van der Waals surface area (Å²) in [7, 11) is 1.56. The minimum atomic E-state index is -0.625. The second kappa shape index (κ2) is 9.39. The van der Waals surface area contributed by atoms with Crippen molar-refractivity contribution in [2.45, 2.75) is 32.7 Å². The zero-order valence-electron chi connectivity index (χ0n) is 12.9. The lowest BCUT2D eigenvalue weighted by Gasteiger charge is -2.22. The standard InChI is InChI=1S/C16H24N2O3/c1-5-14(20-4)16(19)13(3)9-12(2)10-21-11-15-17-7-6-8-18-15/h5-9,13-14,16,19H,1,10-11H2,2-4H3/b12-9-/t13-,14+,16+/m1/s1. The highest BCUT2D eigenvalue weighted by Crippen LogP contribution is 2.14. The molecule has 21 heavy (non-hydrogen) atoms. The second-order valence-corrected chi connectivity index (χ2v) is 4.96. The fraction of sp³-hybridized carbons (Fsp3) is 0.500. The Morgan fingerprint density at radius 3 is 2.67 bits per heavy atom. The van der Waals surface area contributed by atoms with E-state index in [0.717, 1.165) is 5.57 Å². The van der Waals surface area contributed by atoms with Gasteiger partial charge in [-0.3, -0.25) is 0 Å². The first-order valence-electron chi connectivity index (χ1n) is 6.92. The molecule has 0 aliphatic heterocycles. The molecule has 0 aliphatic carbocycles. The maximum atomic E-state index is 10.1. The van der Waals surface area contributed by atoms with Crippen LogP contribution in [0.2, 0.25) is 0 Å². The van der Waals surface area contributed by atoms with Crippen LogP contribution in [-0.2, 0) is 16.1 Å². The van der Waals surface area contributed by atoms with Crippen LogP contribution < -0.4 is 0 Å². The molecule has 0 saturated heterocycles. The Morgan fingerprint density at radius 2 is 2.10 bits per heavy atom. The molecular formula is C16H24N2O3. The van der Waals surface area contributed by atoms with E-state index in [9.17, 15) is 5.11 Å². The minimum absolute atomic E-state index is 0.0514. The van der Waals surface area contributed by atoms with E-state index in [2.05, 4.69) is 16.5 Å². The topological polar surface area (TPSA) is 64.5 Å². The van der Waals surface area contributed by atoms with Crippen molar-refractivity contribution in [3.8, 4) is 0 Å². The van der Waals surface area contributed by atoms with Gasteiger partial charge < -0.3 is 14.6 Å². The molecule has 0 saturated carbocycles. The van der Waals surface area contributed by atoms with Gasteiger partial charge >= 0.3 is 0 Å². The molecule has 116 valence electrons. The van der Waals surface area contributed by atoms with Gasteiger partial charge in [0.05, 0.1) is 12.7 Å². The Kier molecular flexibility index (Phi) is 7.82. The maximum absolute atomic E-state index is 10.1. The smallest absolute Gasteiger partial charge is 0.153 e. The highest BCUT2D eigenvalue weighted by atomic mass is 16.5. The van der Waals surface area contributed by atoms with Gasteiger partial charge in [0.15, 0.2) is 5.82 Å². The summed E-state index contributed by atoms with van der Waals surface area (Å²) in [6.07, 6.45) is 5.96. The summed E-state index contributed by atoms with van der Waals surface area (Å²) in [6, 6.07) is 1.77. The third-order valence-electron chi connectivity index (χ3n) is 3.11. The highest BCUT2D eigenvalue weighted by Gasteiger charge is 2.20. The molecular weight excluding hydrogens is 268 g/mol. The van der Waals surface area contributed by atoms with E-state index in [4.69, 9.17) is 9.47 Å². The Balaban J connectivity index is 2.43. The van der Waals surface area contributed by atoms with E-state index in [1.165, 1.54) is 0 Å². The van der Waals surface area contributed by atoms with Crippen LogP contribution in [0.1, 0.15) is 19.7 Å². The zero-order valence-corrected chi connectivity index (χ0v) is 12.9. The van der Waals surface area contributed by atoms with Crippen molar-refractivity contribution >= 4 is 0 Å². The van der Waals surface area contributed by atoms with Crippen LogP contribution in [0.4, 0.5) is 0 Å². The van der Waals surface area contributed by atoms with Crippen LogP contribution in [0, 0.1) is 5.92 Å². The lowest BCUT2D eigenvalue weighted by molar-refractivity contribution is -0.00171. The van der Waals surface area contributed by atoms with Gasteiger partial charge in [0, 0.05) is 25.4 Å². The number of aromatic nitrogens is 2. The molecule has 0 radical (unpaired) electrons. The van der Waals surface area contributed by atoms with Crippen molar-refractivity contribution in [2.75, 3.05) is 13.7 Å². The van der Waals surface area contributed by atoms with Crippen LogP contribution in [0.5, 0.6) is 0 Å². The largest absolute Gasteiger partial charge is 0.389 e. The Morgan fingerprint density at radius 1 is 1.43 bits per heavy atom. The first-order valence-corrected chi connectivity index (χ1v) is 6.92. The predicted molar refractivity (Wildman–Crippen MR) is 81.6 cm³/mol. The number of rotatable bonds is 9. The van der Waals surface area contributed by atoms with Crippen molar-refractivity contribution in [1.29, 1.82) is 0 Å². The average molecular weight is 292 g/mol. The van der Waals surface area contributed by atoms with Crippen LogP contribution in [0.25, 0.3) is 0 Å². The molecule has 1 aromatic rings. The first kappa shape index (κ1) is 17.5. The number of ether oxygens (including phenoxy) is 2. The molecule has 5 heteroatoms. The van der Waals surface area contributed by atoms with Crippen LogP contribution in [-0.4, -0.2) is 41.0 Å². The van der Waals surface area contributed by atoms with Crippen molar-refractivity contribution in [3.63, 3.8) is 0 Å². The summed E-state index contributed by atoms with van der Waals surface area (Å²) in [6.45, 7) is 8.40. The van der Waals surface area contributed by atoms with Gasteiger partial charge in [-0.25, -0.2) is 9.97 Å².